The van der Waals surface area contributed by atoms with E-state index in [1.54, 1.807) is 6.07 Å². The lowest BCUT2D eigenvalue weighted by Crippen LogP contribution is -2.17. The molecular formula is C12H11BrFN3. The van der Waals surface area contributed by atoms with E-state index in [1.165, 1.54) is 6.07 Å². The van der Waals surface area contributed by atoms with E-state index >= 15 is 0 Å². The highest BCUT2D eigenvalue weighted by molar-refractivity contribution is 9.10. The molecule has 88 valence electrons. The van der Waals surface area contributed by atoms with Gasteiger partial charge >= 0.3 is 0 Å². The predicted octanol–water partition coefficient (Wildman–Crippen LogP) is 3.54. The summed E-state index contributed by atoms with van der Waals surface area (Å²) in [6, 6.07) is 10.8. The zero-order valence-corrected chi connectivity index (χ0v) is 10.9. The summed E-state index contributed by atoms with van der Waals surface area (Å²) in [5.74, 6) is 0.0665. The van der Waals surface area contributed by atoms with E-state index in [0.29, 0.717) is 5.82 Å². The van der Waals surface area contributed by atoms with Gasteiger partial charge in [-0.3, -0.25) is 0 Å². The van der Waals surface area contributed by atoms with Gasteiger partial charge in [-0.05, 0) is 43.3 Å². The number of rotatable bonds is 3. The van der Waals surface area contributed by atoms with Crippen LogP contribution in [0, 0.1) is 5.95 Å². The van der Waals surface area contributed by atoms with Crippen LogP contribution in [0.2, 0.25) is 0 Å². The molecule has 0 amide bonds. The lowest BCUT2D eigenvalue weighted by Gasteiger charge is -2.21. The molecule has 2 rings (SSSR count). The minimum absolute atomic E-state index is 0.569. The molecule has 0 aliphatic heterocycles. The highest BCUT2D eigenvalue weighted by Crippen LogP contribution is 2.24. The van der Waals surface area contributed by atoms with Gasteiger partial charge in [-0.2, -0.15) is 4.39 Å². The molecule has 0 aliphatic carbocycles. The molecule has 0 spiro atoms. The summed E-state index contributed by atoms with van der Waals surface area (Å²) in [7, 11) is 0. The Bertz CT molecular complexity index is 439. The highest BCUT2D eigenvalue weighted by atomic mass is 79.9. The third kappa shape index (κ3) is 2.79. The lowest BCUT2D eigenvalue weighted by atomic mass is 10.3. The van der Waals surface area contributed by atoms with E-state index < -0.39 is 5.95 Å². The minimum atomic E-state index is -0.569. The van der Waals surface area contributed by atoms with Crippen LogP contribution in [0.3, 0.4) is 0 Å². The smallest absolute Gasteiger partial charge is 0.233 e. The van der Waals surface area contributed by atoms with Crippen LogP contribution in [-0.4, -0.2) is 16.7 Å². The summed E-state index contributed by atoms with van der Waals surface area (Å²) in [4.78, 5) is 1.96. The van der Waals surface area contributed by atoms with E-state index in [2.05, 4.69) is 26.1 Å². The van der Waals surface area contributed by atoms with E-state index in [9.17, 15) is 4.39 Å². The Kier molecular flexibility index (Phi) is 3.68. The summed E-state index contributed by atoms with van der Waals surface area (Å²) in [6.45, 7) is 2.75. The van der Waals surface area contributed by atoms with Gasteiger partial charge in [0.15, 0.2) is 5.82 Å². The average molecular weight is 296 g/mol. The fraction of sp³-hybridized carbons (Fsp3) is 0.167. The molecule has 0 radical (unpaired) electrons. The maximum Gasteiger partial charge on any atom is 0.233 e. The van der Waals surface area contributed by atoms with Crippen molar-refractivity contribution < 1.29 is 4.39 Å². The zero-order valence-electron chi connectivity index (χ0n) is 9.27. The second kappa shape index (κ2) is 5.23. The number of benzene rings is 1. The molecule has 0 atom stereocenters. The summed E-state index contributed by atoms with van der Waals surface area (Å²) >= 11 is 3.39. The van der Waals surface area contributed by atoms with Crippen LogP contribution in [0.4, 0.5) is 15.9 Å². The molecule has 1 heterocycles. The molecule has 0 bridgehead atoms. The first kappa shape index (κ1) is 12.0. The van der Waals surface area contributed by atoms with Crippen LogP contribution < -0.4 is 4.90 Å². The topological polar surface area (TPSA) is 29.0 Å². The van der Waals surface area contributed by atoms with Crippen molar-refractivity contribution in [3.8, 4) is 0 Å². The van der Waals surface area contributed by atoms with Crippen molar-refractivity contribution in [2.24, 2.45) is 0 Å². The fourth-order valence-corrected chi connectivity index (χ4v) is 1.82. The Hall–Kier alpha value is -1.49. The van der Waals surface area contributed by atoms with Crippen molar-refractivity contribution in [2.75, 3.05) is 11.4 Å². The molecule has 2 aromatic rings. The standard InChI is InChI=1S/C12H11BrFN3/c1-2-17(10-5-3-9(13)4-6-10)12-8-7-11(14)15-16-12/h3-8H,2H2,1H3. The molecule has 3 nitrogen and oxygen atoms in total. The number of aromatic nitrogens is 2. The van der Waals surface area contributed by atoms with Crippen molar-refractivity contribution in [1.82, 2.24) is 10.2 Å². The van der Waals surface area contributed by atoms with Crippen LogP contribution >= 0.6 is 15.9 Å². The molecule has 17 heavy (non-hydrogen) atoms. The van der Waals surface area contributed by atoms with Crippen LogP contribution in [0.1, 0.15) is 6.92 Å². The van der Waals surface area contributed by atoms with Gasteiger partial charge in [0.25, 0.3) is 0 Å². The molecule has 0 fully saturated rings. The molecule has 0 saturated heterocycles. The Morgan fingerprint density at radius 2 is 1.82 bits per heavy atom. The van der Waals surface area contributed by atoms with E-state index in [4.69, 9.17) is 0 Å². The van der Waals surface area contributed by atoms with Crippen molar-refractivity contribution in [3.63, 3.8) is 0 Å². The van der Waals surface area contributed by atoms with Gasteiger partial charge in [-0.15, -0.1) is 10.2 Å². The highest BCUT2D eigenvalue weighted by Gasteiger charge is 2.08. The fourth-order valence-electron chi connectivity index (χ4n) is 1.55. The van der Waals surface area contributed by atoms with Crippen molar-refractivity contribution in [3.05, 3.63) is 46.8 Å². The molecule has 1 aromatic carbocycles. The number of halogens is 2. The Morgan fingerprint density at radius 1 is 1.12 bits per heavy atom. The van der Waals surface area contributed by atoms with Gasteiger partial charge in [0, 0.05) is 16.7 Å². The Morgan fingerprint density at radius 3 is 2.35 bits per heavy atom. The number of nitrogens with zero attached hydrogens (tertiary/aromatic N) is 3. The first-order valence-electron chi connectivity index (χ1n) is 5.23. The Balaban J connectivity index is 2.33. The van der Waals surface area contributed by atoms with Crippen LogP contribution in [0.25, 0.3) is 0 Å². The zero-order chi connectivity index (χ0) is 12.3. The molecule has 1 aromatic heterocycles. The molecular weight excluding hydrogens is 285 g/mol. The number of hydrogen-bond acceptors (Lipinski definition) is 3. The summed E-state index contributed by atoms with van der Waals surface area (Å²) < 4.78 is 13.7. The van der Waals surface area contributed by atoms with Crippen LogP contribution in [0.15, 0.2) is 40.9 Å². The van der Waals surface area contributed by atoms with Crippen LogP contribution in [-0.2, 0) is 0 Å². The van der Waals surface area contributed by atoms with Gasteiger partial charge < -0.3 is 4.90 Å². The van der Waals surface area contributed by atoms with Gasteiger partial charge in [-0.25, -0.2) is 0 Å². The molecule has 0 unspecified atom stereocenters. The second-order valence-corrected chi connectivity index (χ2v) is 4.35. The number of anilines is 2. The third-order valence-electron chi connectivity index (χ3n) is 2.35. The van der Waals surface area contributed by atoms with Crippen molar-refractivity contribution >= 4 is 27.4 Å². The number of hydrogen-bond donors (Lipinski definition) is 0. The quantitative estimate of drug-likeness (QED) is 0.867. The van der Waals surface area contributed by atoms with Crippen molar-refractivity contribution in [1.29, 1.82) is 0 Å². The van der Waals surface area contributed by atoms with Gasteiger partial charge in [-0.1, -0.05) is 15.9 Å². The first-order chi connectivity index (χ1) is 8.20. The third-order valence-corrected chi connectivity index (χ3v) is 2.88. The predicted molar refractivity (Wildman–Crippen MR) is 68.8 cm³/mol. The van der Waals surface area contributed by atoms with Gasteiger partial charge in [0.1, 0.15) is 0 Å². The summed E-state index contributed by atoms with van der Waals surface area (Å²) in [5, 5.41) is 7.26. The molecule has 0 N–H and O–H groups in total. The van der Waals surface area contributed by atoms with E-state index in [-0.39, 0.29) is 0 Å². The first-order valence-corrected chi connectivity index (χ1v) is 6.02. The van der Waals surface area contributed by atoms with Crippen molar-refractivity contribution in [2.45, 2.75) is 6.92 Å². The summed E-state index contributed by atoms with van der Waals surface area (Å²) in [6.07, 6.45) is 0. The SMILES string of the molecule is CCN(c1ccc(Br)cc1)c1ccc(F)nn1. The normalized spacial score (nSPS) is 10.3. The molecule has 0 aliphatic rings. The maximum absolute atomic E-state index is 12.7. The monoisotopic (exact) mass is 295 g/mol. The lowest BCUT2D eigenvalue weighted by molar-refractivity contribution is 0.563. The second-order valence-electron chi connectivity index (χ2n) is 3.43. The average Bonchev–Trinajstić information content (AvgIpc) is 2.35. The van der Waals surface area contributed by atoms with Gasteiger partial charge in [0.05, 0.1) is 0 Å². The van der Waals surface area contributed by atoms with Gasteiger partial charge in [0.2, 0.25) is 5.95 Å². The maximum atomic E-state index is 12.7. The summed E-state index contributed by atoms with van der Waals surface area (Å²) in [5.41, 5.74) is 0.997. The van der Waals surface area contributed by atoms with E-state index in [1.807, 2.05) is 36.1 Å². The Labute approximate surface area is 107 Å². The molecule has 5 heteroatoms. The van der Waals surface area contributed by atoms with E-state index in [0.717, 1.165) is 16.7 Å². The van der Waals surface area contributed by atoms with Crippen LogP contribution in [0.5, 0.6) is 0 Å². The largest absolute Gasteiger partial charge is 0.325 e. The molecule has 0 saturated carbocycles. The minimum Gasteiger partial charge on any atom is -0.325 e.